The van der Waals surface area contributed by atoms with E-state index in [0.717, 1.165) is 12.1 Å². The number of hydrogen-bond donors (Lipinski definition) is 3. The molecule has 0 saturated heterocycles. The van der Waals surface area contributed by atoms with Gasteiger partial charge in [-0.15, -0.1) is 0 Å². The van der Waals surface area contributed by atoms with E-state index in [2.05, 4.69) is 20.6 Å². The molecule has 1 amide bonds. The molecular formula is C13H11ClFN5O2. The van der Waals surface area contributed by atoms with Crippen molar-refractivity contribution in [2.24, 2.45) is 7.05 Å². The van der Waals surface area contributed by atoms with Crippen LogP contribution in [0, 0.1) is 12.7 Å². The first-order chi connectivity index (χ1) is 10.4. The molecule has 0 aliphatic carbocycles. The number of carbonyl (C=O) groups is 1. The third-order valence-electron chi connectivity index (χ3n) is 3.23. The van der Waals surface area contributed by atoms with E-state index < -0.39 is 17.5 Å². The number of H-pyrrole nitrogens is 1. The van der Waals surface area contributed by atoms with Crippen molar-refractivity contribution in [1.29, 1.82) is 0 Å². The fourth-order valence-electron chi connectivity index (χ4n) is 2.24. The number of carbonyl (C=O) groups excluding carboxylic acids is 1. The van der Waals surface area contributed by atoms with Crippen LogP contribution >= 0.6 is 11.6 Å². The van der Waals surface area contributed by atoms with E-state index in [-0.39, 0.29) is 10.6 Å². The van der Waals surface area contributed by atoms with Crippen LogP contribution in [0.1, 0.15) is 16.1 Å². The van der Waals surface area contributed by atoms with Gasteiger partial charge in [-0.3, -0.25) is 9.89 Å². The van der Waals surface area contributed by atoms with E-state index in [1.54, 1.807) is 18.7 Å². The second-order valence-electron chi connectivity index (χ2n) is 4.74. The largest absolute Gasteiger partial charge is 0.506 e. The van der Waals surface area contributed by atoms with Gasteiger partial charge in [0.05, 0.1) is 21.7 Å². The zero-order chi connectivity index (χ0) is 16.0. The van der Waals surface area contributed by atoms with Crippen molar-refractivity contribution < 1.29 is 14.3 Å². The lowest BCUT2D eigenvalue weighted by atomic mass is 10.1. The molecular weight excluding hydrogens is 313 g/mol. The van der Waals surface area contributed by atoms with Gasteiger partial charge in [0.1, 0.15) is 17.4 Å². The predicted octanol–water partition coefficient (Wildman–Crippen LogP) is 2.36. The number of nitrogens with zero attached hydrogens (tertiary/aromatic N) is 3. The molecule has 0 saturated carbocycles. The third-order valence-corrected chi connectivity index (χ3v) is 3.51. The smallest absolute Gasteiger partial charge is 0.260 e. The number of hydrogen-bond acceptors (Lipinski definition) is 4. The first-order valence-electron chi connectivity index (χ1n) is 6.25. The predicted molar refractivity (Wildman–Crippen MR) is 78.6 cm³/mol. The fraction of sp³-hybridized carbons (Fsp3) is 0.154. The minimum Gasteiger partial charge on any atom is -0.506 e. The number of aromatic nitrogens is 4. The van der Waals surface area contributed by atoms with Gasteiger partial charge >= 0.3 is 0 Å². The van der Waals surface area contributed by atoms with Crippen molar-refractivity contribution in [3.05, 3.63) is 34.2 Å². The van der Waals surface area contributed by atoms with Gasteiger partial charge < -0.3 is 10.4 Å². The number of aromatic hydroxyl groups is 1. The molecule has 0 bridgehead atoms. The highest BCUT2D eigenvalue weighted by atomic mass is 35.5. The fourth-order valence-corrected chi connectivity index (χ4v) is 2.45. The molecule has 0 aliphatic heterocycles. The number of nitrogens with one attached hydrogen (secondary N) is 2. The molecule has 7 nitrogen and oxygen atoms in total. The van der Waals surface area contributed by atoms with Gasteiger partial charge in [-0.25, -0.2) is 9.07 Å². The lowest BCUT2D eigenvalue weighted by Gasteiger charge is -2.07. The monoisotopic (exact) mass is 323 g/mol. The van der Waals surface area contributed by atoms with Gasteiger partial charge in [-0.2, -0.15) is 10.2 Å². The maximum absolute atomic E-state index is 13.4. The topological polar surface area (TPSA) is 95.8 Å². The summed E-state index contributed by atoms with van der Waals surface area (Å²) >= 11 is 5.67. The van der Waals surface area contributed by atoms with Crippen LogP contribution < -0.4 is 5.32 Å². The molecule has 22 heavy (non-hydrogen) atoms. The molecule has 3 N–H and O–H groups in total. The first-order valence-corrected chi connectivity index (χ1v) is 6.63. The number of rotatable bonds is 2. The summed E-state index contributed by atoms with van der Waals surface area (Å²) in [6, 6.07) is 1.83. The Kier molecular flexibility index (Phi) is 3.25. The van der Waals surface area contributed by atoms with Crippen LogP contribution in [0.5, 0.6) is 5.75 Å². The number of aryl methyl sites for hydroxylation is 2. The Morgan fingerprint density at radius 1 is 1.50 bits per heavy atom. The second kappa shape index (κ2) is 4.99. The Morgan fingerprint density at radius 2 is 2.23 bits per heavy atom. The summed E-state index contributed by atoms with van der Waals surface area (Å²) in [4.78, 5) is 12.2. The maximum atomic E-state index is 13.4. The molecule has 0 radical (unpaired) electrons. The molecule has 2 aromatic heterocycles. The summed E-state index contributed by atoms with van der Waals surface area (Å²) in [7, 11) is 1.72. The van der Waals surface area contributed by atoms with Crippen LogP contribution in [0.2, 0.25) is 5.02 Å². The van der Waals surface area contributed by atoms with E-state index >= 15 is 0 Å². The minimum atomic E-state index is -0.722. The maximum Gasteiger partial charge on any atom is 0.260 e. The van der Waals surface area contributed by atoms with E-state index in [0.29, 0.717) is 22.5 Å². The Bertz CT molecular complexity index is 902. The van der Waals surface area contributed by atoms with Crippen LogP contribution in [0.3, 0.4) is 0 Å². The average molecular weight is 324 g/mol. The van der Waals surface area contributed by atoms with Crippen LogP contribution in [0.4, 0.5) is 10.2 Å². The molecule has 9 heteroatoms. The summed E-state index contributed by atoms with van der Waals surface area (Å²) in [6.45, 7) is 1.77. The molecule has 114 valence electrons. The van der Waals surface area contributed by atoms with Gasteiger partial charge in [0.25, 0.3) is 5.91 Å². The highest BCUT2D eigenvalue weighted by Gasteiger charge is 2.20. The van der Waals surface area contributed by atoms with Crippen LogP contribution in [-0.2, 0) is 7.05 Å². The van der Waals surface area contributed by atoms with Crippen molar-refractivity contribution >= 4 is 34.4 Å². The van der Waals surface area contributed by atoms with Crippen molar-refractivity contribution in [3.8, 4) is 5.75 Å². The lowest BCUT2D eigenvalue weighted by molar-refractivity contribution is 0.102. The molecule has 0 atom stereocenters. The van der Waals surface area contributed by atoms with Crippen LogP contribution in [-0.4, -0.2) is 31.0 Å². The molecule has 0 unspecified atom stereocenters. The van der Waals surface area contributed by atoms with Crippen molar-refractivity contribution in [3.63, 3.8) is 0 Å². The molecule has 0 fully saturated rings. The molecule has 0 spiro atoms. The quantitative estimate of drug-likeness (QED) is 0.674. The molecule has 3 rings (SSSR count). The number of fused-ring (bicyclic) bond motifs is 1. The molecule has 0 aliphatic rings. The lowest BCUT2D eigenvalue weighted by Crippen LogP contribution is -2.13. The zero-order valence-electron chi connectivity index (χ0n) is 11.6. The van der Waals surface area contributed by atoms with Crippen LogP contribution in [0.15, 0.2) is 12.1 Å². The van der Waals surface area contributed by atoms with Gasteiger partial charge in [-0.05, 0) is 19.1 Å². The van der Waals surface area contributed by atoms with Crippen molar-refractivity contribution in [1.82, 2.24) is 20.0 Å². The number of phenols is 1. The number of amides is 1. The van der Waals surface area contributed by atoms with E-state index in [9.17, 15) is 14.3 Å². The van der Waals surface area contributed by atoms with Crippen LogP contribution in [0.25, 0.3) is 11.0 Å². The minimum absolute atomic E-state index is 0.238. The van der Waals surface area contributed by atoms with Crippen molar-refractivity contribution in [2.45, 2.75) is 6.92 Å². The Labute approximate surface area is 128 Å². The van der Waals surface area contributed by atoms with Gasteiger partial charge in [0, 0.05) is 7.05 Å². The standard InChI is InChI=1S/C13H11ClFN5O2/c1-5-9-11(17-18-12(9)20(2)19-5)16-13(22)7-3-6(15)4-8(14)10(7)21/h3-4,21H,1-2H3,(H2,16,17,18,22). The summed E-state index contributed by atoms with van der Waals surface area (Å²) in [6.07, 6.45) is 0. The first kappa shape index (κ1) is 14.3. The summed E-state index contributed by atoms with van der Waals surface area (Å²) in [5.41, 5.74) is 0.964. The molecule has 2 heterocycles. The van der Waals surface area contributed by atoms with Gasteiger partial charge in [0.15, 0.2) is 5.65 Å². The normalized spacial score (nSPS) is 11.1. The van der Waals surface area contributed by atoms with Crippen molar-refractivity contribution in [2.75, 3.05) is 5.32 Å². The number of benzene rings is 1. The number of halogens is 2. The average Bonchev–Trinajstić information content (AvgIpc) is 2.97. The summed E-state index contributed by atoms with van der Waals surface area (Å²) < 4.78 is 14.9. The second-order valence-corrected chi connectivity index (χ2v) is 5.15. The number of aromatic amines is 1. The van der Waals surface area contributed by atoms with E-state index in [1.165, 1.54) is 0 Å². The SMILES string of the molecule is Cc1nn(C)c2n[nH]c(NC(=O)c3cc(F)cc(Cl)c3O)c12. The third kappa shape index (κ3) is 2.17. The molecule has 1 aromatic carbocycles. The Morgan fingerprint density at radius 3 is 2.95 bits per heavy atom. The summed E-state index contributed by atoms with van der Waals surface area (Å²) in [5, 5.41) is 23.6. The zero-order valence-corrected chi connectivity index (χ0v) is 12.4. The summed E-state index contributed by atoms with van der Waals surface area (Å²) in [5.74, 6) is -1.61. The Balaban J connectivity index is 2.00. The number of phenolic OH excluding ortho intramolecular Hbond substituents is 1. The highest BCUT2D eigenvalue weighted by molar-refractivity contribution is 6.32. The van der Waals surface area contributed by atoms with Gasteiger partial charge in [-0.1, -0.05) is 11.6 Å². The Hall–Kier alpha value is -2.61. The van der Waals surface area contributed by atoms with Gasteiger partial charge in [0.2, 0.25) is 0 Å². The van der Waals surface area contributed by atoms with E-state index in [4.69, 9.17) is 11.6 Å². The highest BCUT2D eigenvalue weighted by Crippen LogP contribution is 2.30. The molecule has 3 aromatic rings. The number of anilines is 1. The van der Waals surface area contributed by atoms with E-state index in [1.807, 2.05) is 0 Å².